The van der Waals surface area contributed by atoms with Gasteiger partial charge >= 0.3 is 0 Å². The third kappa shape index (κ3) is 44.1. The maximum Gasteiger partial charge on any atom is 0.186 e. The first-order chi connectivity index (χ1) is 34.9. The monoisotopic (exact) mass is 1220 g/mol. The number of nitrogens with zero attached hydrogens (tertiary/aromatic N) is 3. The van der Waals surface area contributed by atoms with Crippen molar-refractivity contribution in [2.24, 2.45) is 17.8 Å². The number of hydrogen-bond donors (Lipinski definition) is 2. The summed E-state index contributed by atoms with van der Waals surface area (Å²) >= 11 is 0. The molecule has 3 saturated heterocycles. The van der Waals surface area contributed by atoms with E-state index in [4.69, 9.17) is 41.1 Å². The topological polar surface area (TPSA) is 171 Å². The van der Waals surface area contributed by atoms with Crippen LogP contribution in [0.15, 0.2) is 0 Å². The van der Waals surface area contributed by atoms with Crippen LogP contribution in [0.25, 0.3) is 0 Å². The smallest absolute Gasteiger partial charge is 0.186 e. The Hall–Kier alpha value is 0.918. The van der Waals surface area contributed by atoms with Gasteiger partial charge in [-0.15, -0.1) is 0 Å². The highest BCUT2D eigenvalue weighted by Gasteiger charge is 2.36. The Bertz CT molecular complexity index is 1470. The van der Waals surface area contributed by atoms with E-state index in [1.807, 2.05) is 7.11 Å². The molecule has 0 aromatic heterocycles. The molecular formula is C55H129N3O12Si7. The van der Waals surface area contributed by atoms with Crippen molar-refractivity contribution in [2.75, 3.05) is 127 Å². The highest BCUT2D eigenvalue weighted by molar-refractivity contribution is 6.85. The molecule has 77 heavy (non-hydrogen) atoms. The summed E-state index contributed by atoms with van der Waals surface area (Å²) in [5.41, 5.74) is 0. The van der Waals surface area contributed by atoms with Crippen LogP contribution in [0.2, 0.25) is 141 Å². The van der Waals surface area contributed by atoms with Crippen molar-refractivity contribution in [1.29, 1.82) is 0 Å². The van der Waals surface area contributed by atoms with Gasteiger partial charge in [0.05, 0.1) is 51.8 Å². The first-order valence-corrected chi connectivity index (χ1v) is 52.3. The van der Waals surface area contributed by atoms with E-state index in [2.05, 4.69) is 154 Å². The van der Waals surface area contributed by atoms with Crippen LogP contribution < -0.4 is 0 Å². The molecule has 7 unspecified atom stereocenters. The standard InChI is InChI=1S/C32H76N2O6Si4.C16H34O5Si2.C7H17NSi.H2O/c1-29(27-41(6,7)8)21-33(3)23-31(35)25-38-17-15-19-42(9,10)40-43(11,12)20-16-18-39-26-32(36)24-34(4)22-30(2)28-44(13,14)37-5;1-22(2,9-5-7-17-11-15-13-19-15)21-23(3,4)10-6-8-18-12-16-14-20-16;1-7-5-8(2)9(3,4)6-7;/h29-32,35-36H,15-28H2,1-14H3;15-16H,5-14H2,1-4H3;7H,5-6H2,1-4H3;1H2. The molecule has 0 amide bonds. The third-order valence-corrected chi connectivity index (χ3v) is 38.2. The fourth-order valence-corrected chi connectivity index (χ4v) is 35.9. The SMILES string of the molecule is CC1CN(C)[Si](C)(C)C1.CO[Si](C)(C)CC(C)CN(C)CC(O)COCCC[Si](C)(C)O[Si](C)(C)CCCOCC(O)CN(C)CC(C)C[Si](C)(C)C.C[Si](C)(CCCOCC1CO1)O[Si](C)(C)CCCOCC1CO1.O. The molecule has 0 spiro atoms. The molecule has 0 aliphatic carbocycles. The minimum absolute atomic E-state index is 0. The predicted octanol–water partition coefficient (Wildman–Crippen LogP) is 10.2. The molecule has 3 aliphatic heterocycles. The lowest BCUT2D eigenvalue weighted by molar-refractivity contribution is 0.0193. The number of hydrogen-bond acceptors (Lipinski definition) is 14. The van der Waals surface area contributed by atoms with E-state index >= 15 is 0 Å². The zero-order chi connectivity index (χ0) is 58.0. The second-order valence-corrected chi connectivity index (χ2v) is 61.1. The summed E-state index contributed by atoms with van der Waals surface area (Å²) in [5, 5.41) is 20.9. The molecule has 0 aromatic carbocycles. The zero-order valence-electron chi connectivity index (χ0n) is 54.3. The summed E-state index contributed by atoms with van der Waals surface area (Å²) in [5.74, 6) is 2.17. The molecule has 15 nitrogen and oxygen atoms in total. The maximum absolute atomic E-state index is 10.5. The number of rotatable bonds is 41. The van der Waals surface area contributed by atoms with E-state index in [0.717, 1.165) is 102 Å². The minimum Gasteiger partial charge on any atom is -0.455 e. The lowest BCUT2D eigenvalue weighted by Crippen LogP contribution is -2.44. The van der Waals surface area contributed by atoms with Crippen molar-refractivity contribution in [1.82, 2.24) is 14.4 Å². The first kappa shape index (κ1) is 77.9. The molecule has 3 fully saturated rings. The van der Waals surface area contributed by atoms with Gasteiger partial charge in [-0.2, -0.15) is 0 Å². The highest BCUT2D eigenvalue weighted by Crippen LogP contribution is 2.29. The third-order valence-electron chi connectivity index (χ3n) is 14.5. The van der Waals surface area contributed by atoms with Crippen LogP contribution in [0.3, 0.4) is 0 Å². The first-order valence-electron chi connectivity index (χ1n) is 29.9. The van der Waals surface area contributed by atoms with Gasteiger partial charge in [-0.1, -0.05) is 59.6 Å². The van der Waals surface area contributed by atoms with E-state index in [1.165, 1.54) is 30.7 Å². The van der Waals surface area contributed by atoms with Crippen LogP contribution in [0.5, 0.6) is 0 Å². The second kappa shape index (κ2) is 38.1. The summed E-state index contributed by atoms with van der Waals surface area (Å²) in [6, 6.07) is 8.39. The van der Waals surface area contributed by atoms with Gasteiger partial charge in [-0.05, 0) is 173 Å². The lowest BCUT2D eigenvalue weighted by atomic mass is 10.2. The van der Waals surface area contributed by atoms with Gasteiger partial charge in [0.2, 0.25) is 0 Å². The fourth-order valence-electron chi connectivity index (χ4n) is 11.2. The average Bonchev–Trinajstić information content (AvgIpc) is 4.18. The van der Waals surface area contributed by atoms with Crippen LogP contribution in [0, 0.1) is 17.8 Å². The van der Waals surface area contributed by atoms with Crippen LogP contribution in [0.1, 0.15) is 46.5 Å². The molecule has 4 N–H and O–H groups in total. The van der Waals surface area contributed by atoms with Crippen LogP contribution >= 0.6 is 0 Å². The van der Waals surface area contributed by atoms with Crippen molar-refractivity contribution in [3.05, 3.63) is 0 Å². The molecule has 0 radical (unpaired) electrons. The van der Waals surface area contributed by atoms with Crippen molar-refractivity contribution in [3.63, 3.8) is 0 Å². The Kier molecular flexibility index (Phi) is 38.5. The summed E-state index contributed by atoms with van der Waals surface area (Å²) in [7, 11) is -1.98. The van der Waals surface area contributed by atoms with Gasteiger partial charge in [-0.25, -0.2) is 0 Å². The van der Waals surface area contributed by atoms with Gasteiger partial charge < -0.3 is 71.1 Å². The Morgan fingerprint density at radius 1 is 0.571 bits per heavy atom. The lowest BCUT2D eigenvalue weighted by Gasteiger charge is -2.34. The van der Waals surface area contributed by atoms with Gasteiger partial charge in [0.25, 0.3) is 0 Å². The molecule has 7 atom stereocenters. The summed E-state index contributed by atoms with van der Waals surface area (Å²) in [6.07, 6.45) is 3.96. The molecule has 3 aliphatic rings. The largest absolute Gasteiger partial charge is 0.455 e. The van der Waals surface area contributed by atoms with E-state index in [-0.39, 0.29) is 5.48 Å². The second-order valence-electron chi connectivity index (χ2n) is 28.8. The highest BCUT2D eigenvalue weighted by atomic mass is 28.4. The molecule has 3 heterocycles. The fraction of sp³-hybridized carbons (Fsp3) is 1.00. The molecule has 3 rings (SSSR count). The zero-order valence-corrected chi connectivity index (χ0v) is 61.3. The van der Waals surface area contributed by atoms with Crippen LogP contribution in [-0.2, 0) is 41.1 Å². The summed E-state index contributed by atoms with van der Waals surface area (Å²) < 4.78 is 54.9. The normalized spacial score (nSPS) is 20.7. The van der Waals surface area contributed by atoms with Crippen molar-refractivity contribution in [2.45, 2.75) is 211 Å². The molecule has 464 valence electrons. The Balaban J connectivity index is 0.00000143. The van der Waals surface area contributed by atoms with Crippen LogP contribution in [0.4, 0.5) is 0 Å². The number of ether oxygens (including phenoxy) is 6. The number of epoxide rings is 2. The van der Waals surface area contributed by atoms with Gasteiger partial charge in [-0.3, -0.25) is 0 Å². The van der Waals surface area contributed by atoms with Gasteiger partial charge in [0, 0.05) is 67.8 Å². The number of aliphatic hydroxyl groups excluding tert-OH is 2. The Morgan fingerprint density at radius 2 is 0.909 bits per heavy atom. The van der Waals surface area contributed by atoms with E-state index in [0.29, 0.717) is 63.6 Å². The van der Waals surface area contributed by atoms with Crippen molar-refractivity contribution < 1.29 is 56.8 Å². The van der Waals surface area contributed by atoms with Crippen molar-refractivity contribution in [3.8, 4) is 0 Å². The average molecular weight is 1220 g/mol. The van der Waals surface area contributed by atoms with E-state index in [9.17, 15) is 10.2 Å². The summed E-state index contributed by atoms with van der Waals surface area (Å²) in [4.78, 5) is 4.45. The predicted molar refractivity (Wildman–Crippen MR) is 343 cm³/mol. The van der Waals surface area contributed by atoms with E-state index < -0.39 is 70.1 Å². The molecular weight excluding hydrogens is 1090 g/mol. The van der Waals surface area contributed by atoms with Crippen LogP contribution in [-0.4, -0.2) is 239 Å². The minimum atomic E-state index is -1.80. The number of aliphatic hydroxyl groups is 2. The van der Waals surface area contributed by atoms with Gasteiger partial charge in [0.1, 0.15) is 20.4 Å². The van der Waals surface area contributed by atoms with E-state index in [1.54, 1.807) is 0 Å². The quantitative estimate of drug-likeness (QED) is 0.0337. The Morgan fingerprint density at radius 3 is 1.18 bits per heavy atom. The number of likely N-dealkylation sites (N-methyl/N-ethyl adjacent to an activating group) is 2. The molecule has 0 bridgehead atoms. The maximum atomic E-state index is 10.5. The molecule has 0 aromatic rings. The Labute approximate surface area is 482 Å². The van der Waals surface area contributed by atoms with Crippen molar-refractivity contribution >= 4 is 57.9 Å². The van der Waals surface area contributed by atoms with Gasteiger partial charge in [0.15, 0.2) is 41.6 Å². The molecule has 22 heteroatoms. The summed E-state index contributed by atoms with van der Waals surface area (Å²) in [6.45, 7) is 53.9. The molecule has 0 saturated carbocycles.